The second kappa shape index (κ2) is 17.5. The first-order valence-electron chi connectivity index (χ1n) is 22.4. The Bertz CT molecular complexity index is 2340. The molecule has 16 nitrogen and oxygen atoms in total. The lowest BCUT2D eigenvalue weighted by molar-refractivity contribution is -0.135. The predicted octanol–water partition coefficient (Wildman–Crippen LogP) is 4.21. The van der Waals surface area contributed by atoms with Crippen molar-refractivity contribution in [1.82, 2.24) is 20.4 Å². The van der Waals surface area contributed by atoms with Crippen molar-refractivity contribution >= 4 is 46.3 Å². The van der Waals surface area contributed by atoms with Gasteiger partial charge in [0.2, 0.25) is 17.7 Å². The lowest BCUT2D eigenvalue weighted by Gasteiger charge is -2.51. The van der Waals surface area contributed by atoms with Crippen LogP contribution in [-0.4, -0.2) is 128 Å². The molecule has 3 aromatic carbocycles. The number of morpholine rings is 1. The van der Waals surface area contributed by atoms with Gasteiger partial charge in [-0.1, -0.05) is 24.3 Å². The quantitative estimate of drug-likeness (QED) is 0.204. The fourth-order valence-corrected chi connectivity index (χ4v) is 10.4. The van der Waals surface area contributed by atoms with Crippen molar-refractivity contribution in [2.24, 2.45) is 5.92 Å². The molecule has 5 fully saturated rings. The molecule has 6 aliphatic heterocycles. The Hall–Kier alpha value is -6.29. The number of nitrogens with two attached hydrogens (primary N) is 1. The smallest absolute Gasteiger partial charge is 0.249 e. The molecule has 3 atom stereocenters. The summed E-state index contributed by atoms with van der Waals surface area (Å²) in [5.41, 5.74) is 11.4. The summed E-state index contributed by atoms with van der Waals surface area (Å²) in [6.45, 7) is 6.60. The molecular weight excluding hydrogens is 803 g/mol. The summed E-state index contributed by atoms with van der Waals surface area (Å²) < 4.78 is 18.9. The zero-order valence-electron chi connectivity index (χ0n) is 35.4. The van der Waals surface area contributed by atoms with Gasteiger partial charge in [-0.15, -0.1) is 10.2 Å². The first kappa shape index (κ1) is 40.8. The van der Waals surface area contributed by atoms with Crippen LogP contribution in [0, 0.1) is 5.92 Å². The number of phenolic OH excluding ortho intramolecular Hbond substituents is 1. The number of fused-ring (bicyclic) bond motifs is 3. The molecule has 4 N–H and O–H groups in total. The molecular formula is C47H55N9O7. The third-order valence-electron chi connectivity index (χ3n) is 13.7. The monoisotopic (exact) mass is 857 g/mol. The Kier molecular flexibility index (Phi) is 11.3. The van der Waals surface area contributed by atoms with Crippen LogP contribution < -0.4 is 40.1 Å². The number of hydrogen-bond acceptors (Lipinski definition) is 14. The lowest BCUT2D eigenvalue weighted by Crippen LogP contribution is -2.65. The second-order valence-electron chi connectivity index (χ2n) is 17.6. The number of piperazine rings is 1. The first-order valence-corrected chi connectivity index (χ1v) is 22.4. The minimum atomic E-state index is -0.387. The Labute approximate surface area is 366 Å². The van der Waals surface area contributed by atoms with Crippen LogP contribution >= 0.6 is 0 Å². The van der Waals surface area contributed by atoms with Crippen molar-refractivity contribution in [1.29, 1.82) is 0 Å². The number of nitrogens with zero attached hydrogens (tertiary/aromatic N) is 7. The molecule has 7 heterocycles. The standard InChI is InChI=1S/C47H55N9O7/c48-46-41(25-37(50-51-46)36-7-1-2-10-42(36)57)54-26-32-28-61-29-33(27-54)56(32)31-5-3-6-35(24-31)63-34-15-19-53(20-16-34)44(59)23-30-13-17-52(18-14-30)38-8-4-9-39-45(38)62-22-21-55(39)40-11-12-43(58)49-47(40)60/h1-10,24-25,30,32-34,40,57H,11-23,26-29H2,(H2,48,51)(H,49,58,60)/t32-,33+,40-/m1/s1. The van der Waals surface area contributed by atoms with Crippen LogP contribution in [0.15, 0.2) is 72.8 Å². The number of carbonyl (C=O) groups is 3. The van der Waals surface area contributed by atoms with Crippen LogP contribution in [0.3, 0.4) is 0 Å². The van der Waals surface area contributed by atoms with E-state index in [0.717, 1.165) is 73.0 Å². The van der Waals surface area contributed by atoms with Gasteiger partial charge in [0.05, 0.1) is 54.6 Å². The fraction of sp³-hybridized carbons (Fsp3) is 0.468. The number of amides is 3. The molecule has 330 valence electrons. The summed E-state index contributed by atoms with van der Waals surface area (Å²) in [5.74, 6) is 2.20. The third-order valence-corrected chi connectivity index (χ3v) is 13.7. The van der Waals surface area contributed by atoms with Gasteiger partial charge in [0.25, 0.3) is 0 Å². The molecule has 1 aromatic heterocycles. The maximum absolute atomic E-state index is 13.6. The van der Waals surface area contributed by atoms with Crippen LogP contribution in [-0.2, 0) is 19.1 Å². The van der Waals surface area contributed by atoms with Gasteiger partial charge in [0.15, 0.2) is 11.6 Å². The van der Waals surface area contributed by atoms with E-state index in [2.05, 4.69) is 59.4 Å². The van der Waals surface area contributed by atoms with Crippen LogP contribution in [0.2, 0.25) is 0 Å². The van der Waals surface area contributed by atoms with Crippen LogP contribution in [0.4, 0.5) is 28.6 Å². The number of aromatic hydroxyl groups is 1. The minimum absolute atomic E-state index is 0.0255. The van der Waals surface area contributed by atoms with Gasteiger partial charge in [-0.2, -0.15) is 0 Å². The van der Waals surface area contributed by atoms with E-state index in [9.17, 15) is 19.5 Å². The molecule has 0 aliphatic carbocycles. The molecule has 0 radical (unpaired) electrons. The lowest BCUT2D eigenvalue weighted by atomic mass is 9.92. The van der Waals surface area contributed by atoms with Gasteiger partial charge >= 0.3 is 0 Å². The van der Waals surface area contributed by atoms with Crippen molar-refractivity contribution < 1.29 is 33.7 Å². The zero-order valence-corrected chi connectivity index (χ0v) is 35.4. The Morgan fingerprint density at radius 3 is 2.37 bits per heavy atom. The van der Waals surface area contributed by atoms with Gasteiger partial charge in [-0.3, -0.25) is 19.7 Å². The topological polar surface area (TPSA) is 179 Å². The number of likely N-dealkylation sites (tertiary alicyclic amines) is 1. The van der Waals surface area contributed by atoms with Crippen molar-refractivity contribution in [2.45, 2.75) is 69.2 Å². The summed E-state index contributed by atoms with van der Waals surface area (Å²) >= 11 is 0. The molecule has 0 saturated carbocycles. The molecule has 0 spiro atoms. The molecule has 0 unspecified atom stereocenters. The number of benzene rings is 3. The number of para-hydroxylation sites is 2. The first-order chi connectivity index (χ1) is 30.8. The number of nitrogen functional groups attached to an aromatic ring is 1. The van der Waals surface area contributed by atoms with Crippen LogP contribution in [0.1, 0.15) is 44.9 Å². The van der Waals surface area contributed by atoms with Crippen LogP contribution in [0.5, 0.6) is 17.2 Å². The molecule has 5 saturated heterocycles. The highest BCUT2D eigenvalue weighted by Crippen LogP contribution is 2.43. The predicted molar refractivity (Wildman–Crippen MR) is 238 cm³/mol. The summed E-state index contributed by atoms with van der Waals surface area (Å²) in [4.78, 5) is 49.3. The maximum atomic E-state index is 13.6. The average Bonchev–Trinajstić information content (AvgIpc) is 3.29. The van der Waals surface area contributed by atoms with E-state index in [1.54, 1.807) is 12.1 Å². The number of ether oxygens (including phenoxy) is 3. The molecule has 2 bridgehead atoms. The van der Waals surface area contributed by atoms with E-state index in [1.165, 1.54) is 0 Å². The Balaban J connectivity index is 0.710. The van der Waals surface area contributed by atoms with Gasteiger partial charge in [0.1, 0.15) is 30.3 Å². The molecule has 3 amide bonds. The molecule has 63 heavy (non-hydrogen) atoms. The van der Waals surface area contributed by atoms with E-state index >= 15 is 0 Å². The van der Waals surface area contributed by atoms with Crippen molar-refractivity contribution in [3.63, 3.8) is 0 Å². The summed E-state index contributed by atoms with van der Waals surface area (Å²) in [6.07, 6.45) is 4.81. The maximum Gasteiger partial charge on any atom is 0.249 e. The zero-order chi connectivity index (χ0) is 43.0. The van der Waals surface area contributed by atoms with Gasteiger partial charge in [-0.25, -0.2) is 0 Å². The second-order valence-corrected chi connectivity index (χ2v) is 17.6. The van der Waals surface area contributed by atoms with E-state index in [4.69, 9.17) is 19.9 Å². The number of anilines is 5. The highest BCUT2D eigenvalue weighted by molar-refractivity contribution is 6.02. The average molecular weight is 858 g/mol. The fourth-order valence-electron chi connectivity index (χ4n) is 10.4. The van der Waals surface area contributed by atoms with E-state index in [0.29, 0.717) is 94.8 Å². The molecule has 10 rings (SSSR count). The number of nitrogens with one attached hydrogen (secondary N) is 1. The van der Waals surface area contributed by atoms with Crippen molar-refractivity contribution in [2.75, 3.05) is 91.0 Å². The normalized spacial score (nSPS) is 23.2. The number of aromatic nitrogens is 2. The van der Waals surface area contributed by atoms with Crippen molar-refractivity contribution in [3.8, 4) is 28.5 Å². The third kappa shape index (κ3) is 8.35. The summed E-state index contributed by atoms with van der Waals surface area (Å²) in [7, 11) is 0. The van der Waals surface area contributed by atoms with Gasteiger partial charge in [0, 0.05) is 82.3 Å². The summed E-state index contributed by atoms with van der Waals surface area (Å²) in [5, 5.41) is 21.5. The van der Waals surface area contributed by atoms with E-state index < -0.39 is 0 Å². The van der Waals surface area contributed by atoms with E-state index in [-0.39, 0.29) is 47.7 Å². The van der Waals surface area contributed by atoms with E-state index in [1.807, 2.05) is 41.3 Å². The Morgan fingerprint density at radius 1 is 0.825 bits per heavy atom. The highest BCUT2D eigenvalue weighted by atomic mass is 16.5. The number of rotatable bonds is 9. The molecule has 6 aliphatic rings. The summed E-state index contributed by atoms with van der Waals surface area (Å²) in [6, 6.07) is 23.2. The number of hydrogen-bond donors (Lipinski definition) is 3. The van der Waals surface area contributed by atoms with Crippen molar-refractivity contribution in [3.05, 3.63) is 72.8 Å². The van der Waals surface area contributed by atoms with Gasteiger partial charge < -0.3 is 49.6 Å². The largest absolute Gasteiger partial charge is 0.507 e. The number of piperidine rings is 3. The van der Waals surface area contributed by atoms with Gasteiger partial charge in [-0.05, 0) is 67.6 Å². The number of imide groups is 1. The Morgan fingerprint density at radius 2 is 1.59 bits per heavy atom. The number of phenols is 1. The number of carbonyl (C=O) groups excluding carboxylic acids is 3. The molecule has 4 aromatic rings. The minimum Gasteiger partial charge on any atom is -0.507 e. The highest BCUT2D eigenvalue weighted by Gasteiger charge is 2.40. The molecule has 16 heteroatoms. The van der Waals surface area contributed by atoms with Crippen LogP contribution in [0.25, 0.3) is 11.3 Å². The SMILES string of the molecule is Nc1nnc(-c2ccccc2O)cc1N1C[C@H]2COC[C@@H](C1)N2c1cccc(OC2CCN(C(=O)CC3CCN(c4cccc5c4OCCN5[C@@H]4CCC(=O)NC4=O)CC3)CC2)c1.